The Kier molecular flexibility index (Phi) is 3.40. The highest BCUT2D eigenvalue weighted by Gasteiger charge is 2.41. The van der Waals surface area contributed by atoms with Crippen LogP contribution in [0, 0.1) is 16.7 Å². The smallest absolute Gasteiger partial charge is 0.0628 e. The fourth-order valence-electron chi connectivity index (χ4n) is 1.76. The SMILES string of the molecule is CSc1ccc(NCC2(CC#N)CC2)cc1. The van der Waals surface area contributed by atoms with Crippen LogP contribution in [0.15, 0.2) is 29.2 Å². The molecule has 0 atom stereocenters. The summed E-state index contributed by atoms with van der Waals surface area (Å²) in [5, 5.41) is 12.2. The molecule has 1 aromatic carbocycles. The van der Waals surface area contributed by atoms with Crippen molar-refractivity contribution in [2.75, 3.05) is 18.1 Å². The number of thioether (sulfide) groups is 1. The van der Waals surface area contributed by atoms with Crippen LogP contribution in [0.3, 0.4) is 0 Å². The van der Waals surface area contributed by atoms with E-state index in [4.69, 9.17) is 5.26 Å². The monoisotopic (exact) mass is 232 g/mol. The summed E-state index contributed by atoms with van der Waals surface area (Å²) in [4.78, 5) is 1.28. The maximum absolute atomic E-state index is 8.73. The average Bonchev–Trinajstić information content (AvgIpc) is 3.08. The first kappa shape index (κ1) is 11.3. The zero-order valence-electron chi connectivity index (χ0n) is 9.49. The predicted octanol–water partition coefficient (Wildman–Crippen LogP) is 3.51. The molecule has 0 aliphatic heterocycles. The van der Waals surface area contributed by atoms with Gasteiger partial charge in [0.25, 0.3) is 0 Å². The lowest BCUT2D eigenvalue weighted by atomic mass is 10.0. The largest absolute Gasteiger partial charge is 0.384 e. The lowest BCUT2D eigenvalue weighted by Gasteiger charge is -2.13. The van der Waals surface area contributed by atoms with Gasteiger partial charge in [0.2, 0.25) is 0 Å². The van der Waals surface area contributed by atoms with Gasteiger partial charge < -0.3 is 5.32 Å². The molecule has 0 radical (unpaired) electrons. The Bertz CT molecular complexity index is 387. The van der Waals surface area contributed by atoms with Gasteiger partial charge in [0, 0.05) is 29.0 Å². The van der Waals surface area contributed by atoms with Crippen LogP contribution in [-0.4, -0.2) is 12.8 Å². The molecule has 0 aromatic heterocycles. The Morgan fingerprint density at radius 2 is 2.06 bits per heavy atom. The quantitative estimate of drug-likeness (QED) is 0.789. The highest BCUT2D eigenvalue weighted by Crippen LogP contribution is 2.48. The first-order valence-corrected chi connectivity index (χ1v) is 6.75. The van der Waals surface area contributed by atoms with E-state index in [1.807, 2.05) is 0 Å². The van der Waals surface area contributed by atoms with Crippen LogP contribution < -0.4 is 5.32 Å². The van der Waals surface area contributed by atoms with E-state index in [9.17, 15) is 0 Å². The molecule has 1 aliphatic rings. The van der Waals surface area contributed by atoms with Gasteiger partial charge in [-0.3, -0.25) is 0 Å². The van der Waals surface area contributed by atoms with Crippen molar-refractivity contribution in [3.05, 3.63) is 24.3 Å². The van der Waals surface area contributed by atoms with Gasteiger partial charge in [0.05, 0.1) is 6.07 Å². The third-order valence-electron chi connectivity index (χ3n) is 3.17. The summed E-state index contributed by atoms with van der Waals surface area (Å²) in [7, 11) is 0. The van der Waals surface area contributed by atoms with Crippen molar-refractivity contribution in [2.45, 2.75) is 24.2 Å². The molecule has 2 rings (SSSR count). The van der Waals surface area contributed by atoms with Crippen molar-refractivity contribution < 1.29 is 0 Å². The standard InChI is InChI=1S/C13H16N2S/c1-16-12-4-2-11(3-5-12)15-10-13(6-7-13)8-9-14/h2-5,15H,6-8,10H2,1H3. The van der Waals surface area contributed by atoms with Crippen LogP contribution in [0.4, 0.5) is 5.69 Å². The summed E-state index contributed by atoms with van der Waals surface area (Å²) in [5.74, 6) is 0. The van der Waals surface area contributed by atoms with Gasteiger partial charge in [-0.15, -0.1) is 11.8 Å². The summed E-state index contributed by atoms with van der Waals surface area (Å²) in [6, 6.07) is 10.7. The first-order chi connectivity index (χ1) is 7.78. The molecule has 0 saturated heterocycles. The molecule has 16 heavy (non-hydrogen) atoms. The van der Waals surface area contributed by atoms with Crippen molar-refractivity contribution in [3.63, 3.8) is 0 Å². The molecule has 1 fully saturated rings. The maximum atomic E-state index is 8.73. The Labute approximate surface area is 101 Å². The van der Waals surface area contributed by atoms with E-state index in [0.29, 0.717) is 6.42 Å². The average molecular weight is 232 g/mol. The lowest BCUT2D eigenvalue weighted by molar-refractivity contribution is 0.557. The van der Waals surface area contributed by atoms with Crippen LogP contribution in [0.2, 0.25) is 0 Å². The molecular formula is C13H16N2S. The van der Waals surface area contributed by atoms with Gasteiger partial charge in [-0.05, 0) is 43.4 Å². The molecule has 0 heterocycles. The van der Waals surface area contributed by atoms with E-state index in [1.54, 1.807) is 11.8 Å². The topological polar surface area (TPSA) is 35.8 Å². The number of hydrogen-bond donors (Lipinski definition) is 1. The summed E-state index contributed by atoms with van der Waals surface area (Å²) < 4.78 is 0. The second kappa shape index (κ2) is 4.80. The molecule has 3 heteroatoms. The van der Waals surface area contributed by atoms with E-state index in [-0.39, 0.29) is 5.41 Å². The van der Waals surface area contributed by atoms with Gasteiger partial charge in [-0.2, -0.15) is 5.26 Å². The Hall–Kier alpha value is -1.14. The minimum atomic E-state index is 0.271. The van der Waals surface area contributed by atoms with Crippen LogP contribution in [0.5, 0.6) is 0 Å². The molecule has 2 nitrogen and oxygen atoms in total. The zero-order valence-corrected chi connectivity index (χ0v) is 10.3. The number of nitrogens with zero attached hydrogens (tertiary/aromatic N) is 1. The minimum absolute atomic E-state index is 0.271. The highest BCUT2D eigenvalue weighted by atomic mass is 32.2. The normalized spacial score (nSPS) is 16.5. The predicted molar refractivity (Wildman–Crippen MR) is 68.6 cm³/mol. The van der Waals surface area contributed by atoms with Crippen LogP contribution >= 0.6 is 11.8 Å². The van der Waals surface area contributed by atoms with Gasteiger partial charge in [0.1, 0.15) is 0 Å². The van der Waals surface area contributed by atoms with Gasteiger partial charge in [0.15, 0.2) is 0 Å². The number of benzene rings is 1. The van der Waals surface area contributed by atoms with Crippen molar-refractivity contribution in [2.24, 2.45) is 5.41 Å². The molecule has 0 unspecified atom stereocenters. The minimum Gasteiger partial charge on any atom is -0.384 e. The van der Waals surface area contributed by atoms with E-state index in [1.165, 1.54) is 17.7 Å². The van der Waals surface area contributed by atoms with Gasteiger partial charge in [-0.1, -0.05) is 0 Å². The van der Waals surface area contributed by atoms with E-state index < -0.39 is 0 Å². The fourth-order valence-corrected chi connectivity index (χ4v) is 2.17. The van der Waals surface area contributed by atoms with Crippen LogP contribution in [0.25, 0.3) is 0 Å². The first-order valence-electron chi connectivity index (χ1n) is 5.53. The fraction of sp³-hybridized carbons (Fsp3) is 0.462. The number of rotatable bonds is 5. The van der Waals surface area contributed by atoms with Crippen LogP contribution in [-0.2, 0) is 0 Å². The van der Waals surface area contributed by atoms with Gasteiger partial charge in [-0.25, -0.2) is 0 Å². The van der Waals surface area contributed by atoms with E-state index in [0.717, 1.165) is 12.2 Å². The Morgan fingerprint density at radius 3 is 2.56 bits per heavy atom. The number of nitrogens with one attached hydrogen (secondary N) is 1. The number of hydrogen-bond acceptors (Lipinski definition) is 3. The van der Waals surface area contributed by atoms with Crippen molar-refractivity contribution in [1.29, 1.82) is 5.26 Å². The third-order valence-corrected chi connectivity index (χ3v) is 3.91. The molecule has 0 bridgehead atoms. The summed E-state index contributed by atoms with van der Waals surface area (Å²) in [6.45, 7) is 0.930. The van der Waals surface area contributed by atoms with Crippen LogP contribution in [0.1, 0.15) is 19.3 Å². The highest BCUT2D eigenvalue weighted by molar-refractivity contribution is 7.98. The molecule has 1 N–H and O–H groups in total. The Morgan fingerprint density at radius 1 is 1.38 bits per heavy atom. The molecule has 84 valence electrons. The molecule has 1 aromatic rings. The number of anilines is 1. The summed E-state index contributed by atoms with van der Waals surface area (Å²) in [5.41, 5.74) is 1.43. The Balaban J connectivity index is 1.88. The van der Waals surface area contributed by atoms with E-state index in [2.05, 4.69) is 41.9 Å². The third kappa shape index (κ3) is 2.70. The molecular weight excluding hydrogens is 216 g/mol. The molecule has 1 aliphatic carbocycles. The van der Waals surface area contributed by atoms with Gasteiger partial charge >= 0.3 is 0 Å². The molecule has 1 saturated carbocycles. The second-order valence-electron chi connectivity index (χ2n) is 4.42. The zero-order chi connectivity index (χ0) is 11.4. The van der Waals surface area contributed by atoms with Crippen molar-refractivity contribution in [3.8, 4) is 6.07 Å². The summed E-state index contributed by atoms with van der Waals surface area (Å²) in [6.07, 6.45) is 5.14. The van der Waals surface area contributed by atoms with E-state index >= 15 is 0 Å². The number of nitriles is 1. The van der Waals surface area contributed by atoms with Crippen molar-refractivity contribution in [1.82, 2.24) is 0 Å². The van der Waals surface area contributed by atoms with Crippen molar-refractivity contribution >= 4 is 17.4 Å². The molecule has 0 amide bonds. The second-order valence-corrected chi connectivity index (χ2v) is 5.30. The lowest BCUT2D eigenvalue weighted by Crippen LogP contribution is -2.14. The molecule has 0 spiro atoms. The maximum Gasteiger partial charge on any atom is 0.0628 e. The summed E-state index contributed by atoms with van der Waals surface area (Å²) >= 11 is 1.75.